The van der Waals surface area contributed by atoms with Crippen molar-refractivity contribution in [2.24, 2.45) is 11.8 Å². The number of hydrogen-bond acceptors (Lipinski definition) is 7. The molecule has 0 saturated heterocycles. The zero-order chi connectivity index (χ0) is 20.9. The number of aromatic hydroxyl groups is 1. The number of methoxy groups -OCH3 is 3. The highest BCUT2D eigenvalue weighted by Gasteiger charge is 2.37. The molecule has 0 fully saturated rings. The molecule has 3 atom stereocenters. The third-order valence-corrected chi connectivity index (χ3v) is 6.09. The van der Waals surface area contributed by atoms with E-state index in [1.807, 2.05) is 13.0 Å². The Kier molecular flexibility index (Phi) is 4.86. The first kappa shape index (κ1) is 19.5. The van der Waals surface area contributed by atoms with Crippen molar-refractivity contribution in [1.82, 2.24) is 0 Å². The first-order valence-corrected chi connectivity index (χ1v) is 9.58. The van der Waals surface area contributed by atoms with Gasteiger partial charge in [-0.1, -0.05) is 13.8 Å². The van der Waals surface area contributed by atoms with E-state index in [2.05, 4.69) is 6.92 Å². The fraction of sp³-hybridized carbons (Fsp3) is 0.455. The minimum atomic E-state index is -0.774. The number of hydrogen-bond donors (Lipinski definition) is 2. The summed E-state index contributed by atoms with van der Waals surface area (Å²) < 4.78 is 27.8. The lowest BCUT2D eigenvalue weighted by Gasteiger charge is -2.32. The van der Waals surface area contributed by atoms with Crippen molar-refractivity contribution < 1.29 is 33.9 Å². The monoisotopic (exact) mass is 402 g/mol. The van der Waals surface area contributed by atoms with Crippen molar-refractivity contribution in [2.75, 3.05) is 28.1 Å². The Bertz CT molecular complexity index is 953. The summed E-state index contributed by atoms with van der Waals surface area (Å²) in [5.41, 5.74) is 2.63. The number of phenolic OH excluding ortho intramolecular Hbond substituents is 1. The van der Waals surface area contributed by atoms with E-state index in [0.717, 1.165) is 5.56 Å². The van der Waals surface area contributed by atoms with Crippen molar-refractivity contribution in [3.05, 3.63) is 23.3 Å². The van der Waals surface area contributed by atoms with Gasteiger partial charge in [0, 0.05) is 11.1 Å². The first-order chi connectivity index (χ1) is 13.9. The quantitative estimate of drug-likeness (QED) is 0.810. The van der Waals surface area contributed by atoms with Crippen molar-refractivity contribution in [3.8, 4) is 45.6 Å². The van der Waals surface area contributed by atoms with Crippen LogP contribution in [0.3, 0.4) is 0 Å². The van der Waals surface area contributed by atoms with E-state index in [4.69, 9.17) is 23.7 Å². The van der Waals surface area contributed by atoms with E-state index in [1.165, 1.54) is 21.3 Å². The van der Waals surface area contributed by atoms with Gasteiger partial charge in [-0.25, -0.2) is 0 Å². The van der Waals surface area contributed by atoms with Crippen LogP contribution in [0.1, 0.15) is 31.1 Å². The third-order valence-electron chi connectivity index (χ3n) is 6.09. The molecule has 0 aromatic heterocycles. The molecule has 1 heterocycles. The van der Waals surface area contributed by atoms with E-state index in [0.29, 0.717) is 46.1 Å². The molecular formula is C22H26O7. The van der Waals surface area contributed by atoms with Crippen LogP contribution in [0.15, 0.2) is 12.1 Å². The Hall–Kier alpha value is -2.80. The molecular weight excluding hydrogens is 376 g/mol. The molecule has 0 amide bonds. The van der Waals surface area contributed by atoms with Crippen LogP contribution < -0.4 is 23.7 Å². The van der Waals surface area contributed by atoms with Gasteiger partial charge < -0.3 is 33.9 Å². The summed E-state index contributed by atoms with van der Waals surface area (Å²) in [7, 11) is 4.55. The standard InChI is InChI=1S/C22H26O7/c1-10-6-12-7-14(25-3)20(26-4)19(24)16(12)17-13(18(23)11(10)2)8-15-21(22(17)27-5)29-9-28-15/h7-8,10-11,18,23-24H,6,9H2,1-5H3/t10?,11-,18-/m1/s1. The largest absolute Gasteiger partial charge is 0.504 e. The molecule has 1 unspecified atom stereocenters. The number of ether oxygens (including phenoxy) is 5. The Balaban J connectivity index is 2.14. The second-order valence-electron chi connectivity index (χ2n) is 7.59. The van der Waals surface area contributed by atoms with Crippen LogP contribution in [-0.4, -0.2) is 38.3 Å². The molecule has 156 valence electrons. The predicted molar refractivity (Wildman–Crippen MR) is 106 cm³/mol. The molecule has 0 radical (unpaired) electrons. The molecule has 0 bridgehead atoms. The van der Waals surface area contributed by atoms with E-state index < -0.39 is 6.10 Å². The molecule has 0 saturated carbocycles. The molecule has 29 heavy (non-hydrogen) atoms. The molecule has 4 rings (SSSR count). The molecule has 7 heteroatoms. The Labute approximate surface area is 169 Å². The topological polar surface area (TPSA) is 86.6 Å². The van der Waals surface area contributed by atoms with E-state index in [-0.39, 0.29) is 30.1 Å². The van der Waals surface area contributed by atoms with Crippen LogP contribution in [0.5, 0.6) is 34.5 Å². The summed E-state index contributed by atoms with van der Waals surface area (Å²) >= 11 is 0. The van der Waals surface area contributed by atoms with Crippen LogP contribution in [0.25, 0.3) is 11.1 Å². The normalized spacial score (nSPS) is 22.2. The minimum absolute atomic E-state index is 0.0396. The molecule has 0 spiro atoms. The van der Waals surface area contributed by atoms with Gasteiger partial charge in [-0.3, -0.25) is 0 Å². The second-order valence-corrected chi connectivity index (χ2v) is 7.59. The van der Waals surface area contributed by atoms with Gasteiger partial charge >= 0.3 is 0 Å². The predicted octanol–water partition coefficient (Wildman–Crippen LogP) is 3.68. The zero-order valence-corrected chi connectivity index (χ0v) is 17.2. The fourth-order valence-electron chi connectivity index (χ4n) is 4.31. The Morgan fingerprint density at radius 1 is 0.966 bits per heavy atom. The molecule has 1 aliphatic heterocycles. The number of aliphatic hydroxyl groups is 1. The zero-order valence-electron chi connectivity index (χ0n) is 17.2. The fourth-order valence-corrected chi connectivity index (χ4v) is 4.31. The lowest BCUT2D eigenvalue weighted by atomic mass is 9.76. The van der Waals surface area contributed by atoms with Gasteiger partial charge in [-0.15, -0.1) is 0 Å². The molecule has 2 aliphatic rings. The van der Waals surface area contributed by atoms with Crippen molar-refractivity contribution >= 4 is 0 Å². The summed E-state index contributed by atoms with van der Waals surface area (Å²) in [6.07, 6.45) is -0.137. The lowest BCUT2D eigenvalue weighted by Crippen LogP contribution is -2.22. The highest BCUT2D eigenvalue weighted by molar-refractivity contribution is 5.88. The summed E-state index contributed by atoms with van der Waals surface area (Å²) in [4.78, 5) is 0. The summed E-state index contributed by atoms with van der Waals surface area (Å²) in [5, 5.41) is 22.4. The van der Waals surface area contributed by atoms with E-state index in [1.54, 1.807) is 6.07 Å². The van der Waals surface area contributed by atoms with Gasteiger partial charge in [-0.05, 0) is 41.5 Å². The second kappa shape index (κ2) is 7.22. The van der Waals surface area contributed by atoms with E-state index >= 15 is 0 Å². The third kappa shape index (κ3) is 2.83. The summed E-state index contributed by atoms with van der Waals surface area (Å²) in [6, 6.07) is 3.65. The molecule has 2 aromatic carbocycles. The maximum atomic E-state index is 11.2. The van der Waals surface area contributed by atoms with Crippen molar-refractivity contribution in [2.45, 2.75) is 26.4 Å². The maximum absolute atomic E-state index is 11.2. The van der Waals surface area contributed by atoms with Gasteiger partial charge in [0.05, 0.1) is 27.4 Å². The number of aliphatic hydroxyl groups excluding tert-OH is 1. The van der Waals surface area contributed by atoms with Gasteiger partial charge in [0.15, 0.2) is 23.0 Å². The van der Waals surface area contributed by atoms with Crippen molar-refractivity contribution in [3.63, 3.8) is 0 Å². The van der Waals surface area contributed by atoms with Crippen LogP contribution in [-0.2, 0) is 6.42 Å². The number of benzene rings is 2. The SMILES string of the molecule is COc1cc2c(c(O)c1OC)-c1c(cc3c(c1OC)OCO3)[C@H](O)[C@H](C)C(C)C2. The lowest BCUT2D eigenvalue weighted by molar-refractivity contribution is 0.0864. The smallest absolute Gasteiger partial charge is 0.231 e. The highest BCUT2D eigenvalue weighted by atomic mass is 16.7. The van der Waals surface area contributed by atoms with Gasteiger partial charge in [0.25, 0.3) is 0 Å². The van der Waals surface area contributed by atoms with E-state index in [9.17, 15) is 10.2 Å². The van der Waals surface area contributed by atoms with Crippen molar-refractivity contribution in [1.29, 1.82) is 0 Å². The maximum Gasteiger partial charge on any atom is 0.231 e. The highest BCUT2D eigenvalue weighted by Crippen LogP contribution is 2.57. The Morgan fingerprint density at radius 2 is 1.69 bits per heavy atom. The average Bonchev–Trinajstić information content (AvgIpc) is 3.19. The van der Waals surface area contributed by atoms with Gasteiger partial charge in [0.1, 0.15) is 0 Å². The molecule has 1 aliphatic carbocycles. The molecule has 2 aromatic rings. The van der Waals surface area contributed by atoms with Crippen LogP contribution >= 0.6 is 0 Å². The summed E-state index contributed by atoms with van der Waals surface area (Å²) in [6.45, 7) is 4.17. The number of phenols is 1. The number of rotatable bonds is 3. The Morgan fingerprint density at radius 3 is 2.34 bits per heavy atom. The summed E-state index contributed by atoms with van der Waals surface area (Å²) in [5.74, 6) is 2.11. The molecule has 2 N–H and O–H groups in total. The molecule has 7 nitrogen and oxygen atoms in total. The van der Waals surface area contributed by atoms with Crippen LogP contribution in [0.4, 0.5) is 0 Å². The average molecular weight is 402 g/mol. The first-order valence-electron chi connectivity index (χ1n) is 9.58. The van der Waals surface area contributed by atoms with Gasteiger partial charge in [0.2, 0.25) is 18.3 Å². The van der Waals surface area contributed by atoms with Crippen LogP contribution in [0, 0.1) is 11.8 Å². The minimum Gasteiger partial charge on any atom is -0.504 e. The van der Waals surface area contributed by atoms with Crippen LogP contribution in [0.2, 0.25) is 0 Å². The van der Waals surface area contributed by atoms with Gasteiger partial charge in [-0.2, -0.15) is 0 Å². The number of fused-ring (bicyclic) bond motifs is 4.